The summed E-state index contributed by atoms with van der Waals surface area (Å²) in [5.41, 5.74) is 0.960. The molecule has 0 spiro atoms. The molecule has 4 nitrogen and oxygen atoms in total. The summed E-state index contributed by atoms with van der Waals surface area (Å²) in [4.78, 5) is 24.5. The molecule has 0 bridgehead atoms. The van der Waals surface area contributed by atoms with Crippen LogP contribution in [-0.2, 0) is 16.0 Å². The Kier molecular flexibility index (Phi) is 4.20. The molecule has 0 heterocycles. The minimum Gasteiger partial charge on any atom is -0.484 e. The van der Waals surface area contributed by atoms with Gasteiger partial charge in [0.05, 0.1) is 0 Å². The van der Waals surface area contributed by atoms with Crippen LogP contribution >= 0.6 is 0 Å². The lowest BCUT2D eigenvalue weighted by atomic mass is 10.1. The minimum absolute atomic E-state index is 0.00955. The topological polar surface area (TPSA) is 46.6 Å². The van der Waals surface area contributed by atoms with Gasteiger partial charge in [-0.2, -0.15) is 0 Å². The van der Waals surface area contributed by atoms with E-state index in [2.05, 4.69) is 0 Å². The highest BCUT2D eigenvalue weighted by molar-refractivity contribution is 5.78. The Balaban J connectivity index is 1.82. The van der Waals surface area contributed by atoms with Crippen molar-refractivity contribution in [3.8, 4) is 5.75 Å². The van der Waals surface area contributed by atoms with E-state index in [0.717, 1.165) is 18.4 Å². The van der Waals surface area contributed by atoms with E-state index in [-0.39, 0.29) is 18.3 Å². The average molecular weight is 261 g/mol. The average Bonchev–Trinajstić information content (AvgIpc) is 3.20. The highest BCUT2D eigenvalue weighted by atomic mass is 16.5. The molecule has 1 fully saturated rings. The van der Waals surface area contributed by atoms with Crippen LogP contribution in [0.15, 0.2) is 24.3 Å². The summed E-state index contributed by atoms with van der Waals surface area (Å²) in [6.45, 7) is 1.63. The number of carbonyl (C=O) groups excluding carboxylic acids is 2. The summed E-state index contributed by atoms with van der Waals surface area (Å²) in [5, 5.41) is 0. The number of nitrogens with zero attached hydrogens (tertiary/aromatic N) is 1. The molecule has 1 aromatic carbocycles. The van der Waals surface area contributed by atoms with Gasteiger partial charge in [-0.15, -0.1) is 0 Å². The van der Waals surface area contributed by atoms with E-state index in [1.807, 2.05) is 19.2 Å². The Morgan fingerprint density at radius 3 is 2.42 bits per heavy atom. The molecule has 1 aliphatic rings. The van der Waals surface area contributed by atoms with Crippen LogP contribution in [-0.4, -0.2) is 36.3 Å². The summed E-state index contributed by atoms with van der Waals surface area (Å²) >= 11 is 0. The first-order valence-electron chi connectivity index (χ1n) is 6.53. The van der Waals surface area contributed by atoms with Crippen LogP contribution in [0.2, 0.25) is 0 Å². The molecule has 0 aromatic heterocycles. The van der Waals surface area contributed by atoms with Gasteiger partial charge in [0.15, 0.2) is 6.61 Å². The van der Waals surface area contributed by atoms with Crippen molar-refractivity contribution in [3.05, 3.63) is 29.8 Å². The molecule has 0 unspecified atom stereocenters. The van der Waals surface area contributed by atoms with Crippen molar-refractivity contribution in [1.82, 2.24) is 4.90 Å². The molecular formula is C15H19NO3. The molecule has 0 N–H and O–H groups in total. The first-order chi connectivity index (χ1) is 9.06. The molecule has 0 aliphatic heterocycles. The number of amides is 1. The van der Waals surface area contributed by atoms with Gasteiger partial charge in [-0.25, -0.2) is 0 Å². The van der Waals surface area contributed by atoms with Crippen LogP contribution in [0.25, 0.3) is 0 Å². The van der Waals surface area contributed by atoms with E-state index in [9.17, 15) is 9.59 Å². The van der Waals surface area contributed by atoms with Crippen LogP contribution in [0.1, 0.15) is 25.3 Å². The summed E-state index contributed by atoms with van der Waals surface area (Å²) in [6.07, 6.45) is 2.63. The molecular weight excluding hydrogens is 242 g/mol. The lowest BCUT2D eigenvalue weighted by molar-refractivity contribution is -0.132. The van der Waals surface area contributed by atoms with Crippen LogP contribution in [0.4, 0.5) is 0 Å². The molecule has 4 heteroatoms. The number of hydrogen-bond donors (Lipinski definition) is 0. The number of ether oxygens (including phenoxy) is 1. The smallest absolute Gasteiger partial charge is 0.260 e. The van der Waals surface area contributed by atoms with Crippen molar-refractivity contribution in [3.63, 3.8) is 0 Å². The number of likely N-dealkylation sites (N-methyl/N-ethyl adjacent to an activating group) is 1. The summed E-state index contributed by atoms with van der Waals surface area (Å²) in [7, 11) is 1.82. The van der Waals surface area contributed by atoms with Gasteiger partial charge < -0.3 is 9.64 Å². The van der Waals surface area contributed by atoms with Crippen LogP contribution in [0, 0.1) is 0 Å². The van der Waals surface area contributed by atoms with Crippen LogP contribution in [0.5, 0.6) is 5.75 Å². The number of Topliss-reactive ketones (excluding diaryl/α,β-unsaturated/α-hetero) is 1. The van der Waals surface area contributed by atoms with Gasteiger partial charge in [0.1, 0.15) is 11.5 Å². The van der Waals surface area contributed by atoms with Crippen molar-refractivity contribution in [2.45, 2.75) is 32.2 Å². The van der Waals surface area contributed by atoms with Gasteiger partial charge >= 0.3 is 0 Å². The molecule has 102 valence electrons. The van der Waals surface area contributed by atoms with Gasteiger partial charge in [0.2, 0.25) is 0 Å². The number of ketones is 1. The Morgan fingerprint density at radius 1 is 1.26 bits per heavy atom. The van der Waals surface area contributed by atoms with Crippen molar-refractivity contribution in [1.29, 1.82) is 0 Å². The third-order valence-electron chi connectivity index (χ3n) is 3.23. The van der Waals surface area contributed by atoms with E-state index in [0.29, 0.717) is 18.2 Å². The number of rotatable bonds is 6. The molecule has 1 saturated carbocycles. The molecule has 19 heavy (non-hydrogen) atoms. The van der Waals surface area contributed by atoms with Gasteiger partial charge in [-0.05, 0) is 37.5 Å². The molecule has 1 aromatic rings. The molecule has 1 aliphatic carbocycles. The van der Waals surface area contributed by atoms with E-state index in [1.54, 1.807) is 24.0 Å². The minimum atomic E-state index is 0.00955. The first kappa shape index (κ1) is 13.6. The fourth-order valence-electron chi connectivity index (χ4n) is 1.90. The van der Waals surface area contributed by atoms with Gasteiger partial charge in [0.25, 0.3) is 5.91 Å². The third-order valence-corrected chi connectivity index (χ3v) is 3.23. The van der Waals surface area contributed by atoms with Crippen LogP contribution < -0.4 is 4.74 Å². The maximum Gasteiger partial charge on any atom is 0.260 e. The van der Waals surface area contributed by atoms with Crippen molar-refractivity contribution in [2.75, 3.05) is 13.7 Å². The highest BCUT2D eigenvalue weighted by Gasteiger charge is 2.29. The normalized spacial score (nSPS) is 14.0. The van der Waals surface area contributed by atoms with Gasteiger partial charge in [-0.1, -0.05) is 12.1 Å². The lowest BCUT2D eigenvalue weighted by Crippen LogP contribution is -2.33. The first-order valence-corrected chi connectivity index (χ1v) is 6.53. The van der Waals surface area contributed by atoms with Crippen molar-refractivity contribution in [2.24, 2.45) is 0 Å². The fourth-order valence-corrected chi connectivity index (χ4v) is 1.90. The molecule has 0 saturated heterocycles. The molecule has 2 rings (SSSR count). The van der Waals surface area contributed by atoms with E-state index in [1.165, 1.54) is 0 Å². The molecule has 0 radical (unpaired) electrons. The Hall–Kier alpha value is -1.84. The molecule has 1 amide bonds. The Labute approximate surface area is 113 Å². The largest absolute Gasteiger partial charge is 0.484 e. The van der Waals surface area contributed by atoms with E-state index in [4.69, 9.17) is 4.74 Å². The standard InChI is InChI=1S/C15H19NO3/c1-11(17)9-12-3-7-14(8-4-12)19-10-15(18)16(2)13-5-6-13/h3-4,7-8,13H,5-6,9-10H2,1-2H3. The van der Waals surface area contributed by atoms with Crippen molar-refractivity contribution >= 4 is 11.7 Å². The SMILES string of the molecule is CC(=O)Cc1ccc(OCC(=O)N(C)C2CC2)cc1. The second kappa shape index (κ2) is 5.87. The van der Waals surface area contributed by atoms with Crippen molar-refractivity contribution < 1.29 is 14.3 Å². The van der Waals surface area contributed by atoms with E-state index < -0.39 is 0 Å². The number of carbonyl (C=O) groups is 2. The quantitative estimate of drug-likeness (QED) is 0.784. The Bertz CT molecular complexity index is 463. The lowest BCUT2D eigenvalue weighted by Gasteiger charge is -2.16. The monoisotopic (exact) mass is 261 g/mol. The summed E-state index contributed by atoms with van der Waals surface area (Å²) in [5.74, 6) is 0.801. The van der Waals surface area contributed by atoms with Crippen LogP contribution in [0.3, 0.4) is 0 Å². The summed E-state index contributed by atoms with van der Waals surface area (Å²) in [6, 6.07) is 7.71. The number of benzene rings is 1. The van der Waals surface area contributed by atoms with Gasteiger partial charge in [0, 0.05) is 19.5 Å². The fraction of sp³-hybridized carbons (Fsp3) is 0.467. The second-order valence-corrected chi connectivity index (χ2v) is 5.05. The van der Waals surface area contributed by atoms with Gasteiger partial charge in [-0.3, -0.25) is 9.59 Å². The summed E-state index contributed by atoms with van der Waals surface area (Å²) < 4.78 is 5.45. The zero-order valence-corrected chi connectivity index (χ0v) is 11.4. The Morgan fingerprint density at radius 2 is 1.89 bits per heavy atom. The third kappa shape index (κ3) is 4.09. The zero-order valence-electron chi connectivity index (χ0n) is 11.4. The zero-order chi connectivity index (χ0) is 13.8. The second-order valence-electron chi connectivity index (χ2n) is 5.05. The predicted molar refractivity (Wildman–Crippen MR) is 72.1 cm³/mol. The maximum absolute atomic E-state index is 11.8. The highest BCUT2D eigenvalue weighted by Crippen LogP contribution is 2.25. The predicted octanol–water partition coefficient (Wildman–Crippen LogP) is 1.82. The number of hydrogen-bond acceptors (Lipinski definition) is 3. The van der Waals surface area contributed by atoms with E-state index >= 15 is 0 Å². The molecule has 0 atom stereocenters. The maximum atomic E-state index is 11.8.